The molecule has 9 heteroatoms. The SMILES string of the molecule is CC(NC(=N)N[N+](=O)[O-])SCc1ccc(CN(C)C)s1. The smallest absolute Gasteiger partial charge is 0.252 e. The number of thioether (sulfide) groups is 1. The van der Waals surface area contributed by atoms with Crippen LogP contribution in [0, 0.1) is 15.5 Å². The summed E-state index contributed by atoms with van der Waals surface area (Å²) < 4.78 is 0. The molecule has 1 rings (SSSR count). The van der Waals surface area contributed by atoms with E-state index in [0.29, 0.717) is 0 Å². The summed E-state index contributed by atoms with van der Waals surface area (Å²) in [5, 5.41) is 19.4. The highest BCUT2D eigenvalue weighted by Crippen LogP contribution is 2.23. The van der Waals surface area contributed by atoms with Crippen molar-refractivity contribution in [3.8, 4) is 0 Å². The molecule has 1 aromatic rings. The highest BCUT2D eigenvalue weighted by molar-refractivity contribution is 7.99. The van der Waals surface area contributed by atoms with Gasteiger partial charge in [0.05, 0.1) is 5.37 Å². The van der Waals surface area contributed by atoms with Crippen LogP contribution in [0.3, 0.4) is 0 Å². The Morgan fingerprint density at radius 1 is 1.55 bits per heavy atom. The second kappa shape index (κ2) is 8.08. The van der Waals surface area contributed by atoms with Gasteiger partial charge in [0.15, 0.2) is 5.03 Å². The molecule has 0 saturated carbocycles. The lowest BCUT2D eigenvalue weighted by Gasteiger charge is -2.12. The molecule has 0 aliphatic rings. The van der Waals surface area contributed by atoms with Crippen LogP contribution in [0.1, 0.15) is 16.7 Å². The maximum absolute atomic E-state index is 10.2. The molecule has 0 saturated heterocycles. The highest BCUT2D eigenvalue weighted by Gasteiger charge is 2.09. The van der Waals surface area contributed by atoms with E-state index in [1.165, 1.54) is 9.75 Å². The van der Waals surface area contributed by atoms with E-state index in [1.807, 2.05) is 21.0 Å². The molecule has 0 radical (unpaired) electrons. The van der Waals surface area contributed by atoms with Crippen LogP contribution in [-0.4, -0.2) is 35.4 Å². The van der Waals surface area contributed by atoms with Crippen LogP contribution >= 0.6 is 23.1 Å². The van der Waals surface area contributed by atoms with Gasteiger partial charge in [-0.1, -0.05) is 5.43 Å². The Hall–Kier alpha value is -1.32. The van der Waals surface area contributed by atoms with E-state index in [1.54, 1.807) is 28.5 Å². The maximum Gasteiger partial charge on any atom is 0.252 e. The Bertz CT molecular complexity index is 463. The predicted octanol–water partition coefficient (Wildman–Crippen LogP) is 1.69. The van der Waals surface area contributed by atoms with Crippen LogP contribution in [-0.2, 0) is 12.3 Å². The van der Waals surface area contributed by atoms with E-state index in [-0.39, 0.29) is 11.3 Å². The van der Waals surface area contributed by atoms with Gasteiger partial charge in [-0.25, -0.2) is 10.1 Å². The zero-order chi connectivity index (χ0) is 15.1. The van der Waals surface area contributed by atoms with E-state index in [0.717, 1.165) is 12.3 Å². The molecule has 1 heterocycles. The first kappa shape index (κ1) is 16.7. The van der Waals surface area contributed by atoms with Crippen molar-refractivity contribution in [1.29, 1.82) is 5.41 Å². The maximum atomic E-state index is 10.2. The Kier molecular flexibility index (Phi) is 6.76. The van der Waals surface area contributed by atoms with E-state index in [2.05, 4.69) is 22.3 Å². The minimum Gasteiger partial charge on any atom is -0.341 e. The van der Waals surface area contributed by atoms with Gasteiger partial charge in [0, 0.05) is 22.1 Å². The molecule has 20 heavy (non-hydrogen) atoms. The molecule has 0 aliphatic carbocycles. The summed E-state index contributed by atoms with van der Waals surface area (Å²) in [6, 6.07) is 4.22. The summed E-state index contributed by atoms with van der Waals surface area (Å²) in [6.07, 6.45) is 0. The van der Waals surface area contributed by atoms with Crippen molar-refractivity contribution in [3.05, 3.63) is 32.0 Å². The second-order valence-electron chi connectivity index (χ2n) is 4.45. The van der Waals surface area contributed by atoms with Gasteiger partial charge in [0.25, 0.3) is 5.96 Å². The van der Waals surface area contributed by atoms with Crippen molar-refractivity contribution in [1.82, 2.24) is 15.6 Å². The van der Waals surface area contributed by atoms with Crippen molar-refractivity contribution < 1.29 is 5.03 Å². The van der Waals surface area contributed by atoms with Gasteiger partial charge >= 0.3 is 0 Å². The fourth-order valence-electron chi connectivity index (χ4n) is 1.47. The molecule has 3 N–H and O–H groups in total. The molecular weight excluding hydrogens is 298 g/mol. The van der Waals surface area contributed by atoms with Crippen LogP contribution in [0.15, 0.2) is 12.1 Å². The number of hydrogen-bond acceptors (Lipinski definition) is 6. The van der Waals surface area contributed by atoms with Gasteiger partial charge in [-0.3, -0.25) is 5.41 Å². The number of thiophene rings is 1. The van der Waals surface area contributed by atoms with Crippen LogP contribution < -0.4 is 10.7 Å². The zero-order valence-corrected chi connectivity index (χ0v) is 13.3. The second-order valence-corrected chi connectivity index (χ2v) is 7.03. The molecule has 0 amide bonds. The van der Waals surface area contributed by atoms with E-state index >= 15 is 0 Å². The lowest BCUT2D eigenvalue weighted by Crippen LogP contribution is -2.42. The molecule has 0 aromatic carbocycles. The van der Waals surface area contributed by atoms with Crippen molar-refractivity contribution in [3.63, 3.8) is 0 Å². The third kappa shape index (κ3) is 6.73. The first-order chi connectivity index (χ1) is 9.36. The molecule has 7 nitrogen and oxygen atoms in total. The molecule has 0 bridgehead atoms. The highest BCUT2D eigenvalue weighted by atomic mass is 32.2. The Balaban J connectivity index is 2.33. The monoisotopic (exact) mass is 317 g/mol. The van der Waals surface area contributed by atoms with Crippen LogP contribution in [0.5, 0.6) is 0 Å². The fourth-order valence-corrected chi connectivity index (χ4v) is 3.56. The summed E-state index contributed by atoms with van der Waals surface area (Å²) in [5.41, 5.74) is 1.78. The third-order valence-electron chi connectivity index (χ3n) is 2.22. The summed E-state index contributed by atoms with van der Waals surface area (Å²) in [7, 11) is 4.07. The Morgan fingerprint density at radius 2 is 2.20 bits per heavy atom. The fraction of sp³-hybridized carbons (Fsp3) is 0.545. The van der Waals surface area contributed by atoms with Crippen LogP contribution in [0.2, 0.25) is 0 Å². The van der Waals surface area contributed by atoms with Gasteiger partial charge in [0.1, 0.15) is 0 Å². The number of nitro groups is 1. The molecule has 1 aromatic heterocycles. The van der Waals surface area contributed by atoms with Gasteiger partial charge in [-0.2, -0.15) is 0 Å². The van der Waals surface area contributed by atoms with E-state index in [4.69, 9.17) is 5.41 Å². The lowest BCUT2D eigenvalue weighted by atomic mass is 10.4. The summed E-state index contributed by atoms with van der Waals surface area (Å²) in [6.45, 7) is 2.80. The number of guanidine groups is 1. The molecule has 0 fully saturated rings. The average molecular weight is 317 g/mol. The van der Waals surface area contributed by atoms with Crippen molar-refractivity contribution in [2.75, 3.05) is 14.1 Å². The molecule has 1 unspecified atom stereocenters. The number of hydrazine groups is 1. The standard InChI is InChI=1S/C11H19N5O2S2/c1-8(13-11(12)14-16(17)18)19-7-10-5-4-9(20-10)6-15(2)3/h4-5,8H,6-7H2,1-3H3,(H3,12,13,14). The molecule has 112 valence electrons. The first-order valence-corrected chi connectivity index (χ1v) is 7.83. The van der Waals surface area contributed by atoms with Crippen molar-refractivity contribution >= 4 is 29.1 Å². The quantitative estimate of drug-likeness (QED) is 0.233. The van der Waals surface area contributed by atoms with E-state index in [9.17, 15) is 10.1 Å². The molecule has 1 atom stereocenters. The number of rotatable bonds is 7. The molecule has 0 spiro atoms. The van der Waals surface area contributed by atoms with Gasteiger partial charge in [-0.05, 0) is 33.2 Å². The largest absolute Gasteiger partial charge is 0.341 e. The topological polar surface area (TPSA) is 94.3 Å². The van der Waals surface area contributed by atoms with Crippen molar-refractivity contribution in [2.24, 2.45) is 0 Å². The van der Waals surface area contributed by atoms with E-state index < -0.39 is 5.03 Å². The van der Waals surface area contributed by atoms with Crippen LogP contribution in [0.4, 0.5) is 0 Å². The number of nitrogens with zero attached hydrogens (tertiary/aromatic N) is 2. The van der Waals surface area contributed by atoms with Crippen molar-refractivity contribution in [2.45, 2.75) is 24.6 Å². The van der Waals surface area contributed by atoms with Gasteiger partial charge < -0.3 is 10.2 Å². The van der Waals surface area contributed by atoms with Gasteiger partial charge in [-0.15, -0.1) is 23.1 Å². The summed E-state index contributed by atoms with van der Waals surface area (Å²) in [4.78, 5) is 14.9. The first-order valence-electron chi connectivity index (χ1n) is 5.97. The Labute approximate surface area is 126 Å². The number of hydrogen-bond donors (Lipinski definition) is 3. The zero-order valence-electron chi connectivity index (χ0n) is 11.7. The van der Waals surface area contributed by atoms with Gasteiger partial charge in [0.2, 0.25) is 0 Å². The Morgan fingerprint density at radius 3 is 2.80 bits per heavy atom. The molecular formula is C11H19N5O2S2. The van der Waals surface area contributed by atoms with Crippen LogP contribution in [0.25, 0.3) is 0 Å². The predicted molar refractivity (Wildman–Crippen MR) is 83.5 cm³/mol. The third-order valence-corrected chi connectivity index (χ3v) is 4.56. The average Bonchev–Trinajstić information content (AvgIpc) is 2.71. The minimum atomic E-state index is -0.750. The normalized spacial score (nSPS) is 12.2. The minimum absolute atomic E-state index is 0.0747. The summed E-state index contributed by atoms with van der Waals surface area (Å²) >= 11 is 3.36. The number of nitrogens with one attached hydrogen (secondary N) is 3. The lowest BCUT2D eigenvalue weighted by molar-refractivity contribution is -0.525. The molecule has 0 aliphatic heterocycles. The summed E-state index contributed by atoms with van der Waals surface area (Å²) in [5.74, 6) is 0.521.